The van der Waals surface area contributed by atoms with Crippen molar-refractivity contribution in [2.75, 3.05) is 25.0 Å². The van der Waals surface area contributed by atoms with E-state index in [1.807, 2.05) is 0 Å². The molecular weight excluding hydrogens is 272 g/mol. The molecule has 0 aliphatic carbocycles. The summed E-state index contributed by atoms with van der Waals surface area (Å²) in [6.07, 6.45) is 2.62. The lowest BCUT2D eigenvalue weighted by molar-refractivity contribution is 0.198. The van der Waals surface area contributed by atoms with E-state index in [1.54, 1.807) is 0 Å². The van der Waals surface area contributed by atoms with Gasteiger partial charge in [-0.2, -0.15) is 0 Å². The fraction of sp³-hybridized carbons (Fsp3) is 0.611. The fourth-order valence-electron chi connectivity index (χ4n) is 3.25. The Balaban J connectivity index is 1.98. The molecule has 1 heterocycles. The zero-order valence-corrected chi connectivity index (χ0v) is 14.4. The molecule has 3 N–H and O–H groups in total. The first-order chi connectivity index (χ1) is 10.5. The highest BCUT2D eigenvalue weighted by atomic mass is 15.2. The quantitative estimate of drug-likeness (QED) is 0.649. The van der Waals surface area contributed by atoms with Crippen molar-refractivity contribution < 1.29 is 0 Å². The van der Waals surface area contributed by atoms with Crippen LogP contribution >= 0.6 is 0 Å². The van der Waals surface area contributed by atoms with Gasteiger partial charge in [0.05, 0.1) is 6.54 Å². The van der Waals surface area contributed by atoms with E-state index in [-0.39, 0.29) is 0 Å². The molecule has 122 valence electrons. The molecule has 0 bridgehead atoms. The van der Waals surface area contributed by atoms with Crippen LogP contribution in [0.25, 0.3) is 0 Å². The van der Waals surface area contributed by atoms with E-state index in [1.165, 1.54) is 37.1 Å². The Bertz CT molecular complexity index is 496. The van der Waals surface area contributed by atoms with E-state index < -0.39 is 0 Å². The number of aryl methyl sites for hydroxylation is 2. The third-order valence-corrected chi connectivity index (χ3v) is 4.32. The van der Waals surface area contributed by atoms with Gasteiger partial charge in [-0.15, -0.1) is 0 Å². The highest BCUT2D eigenvalue weighted by Gasteiger charge is 2.24. The van der Waals surface area contributed by atoms with Gasteiger partial charge in [0.15, 0.2) is 5.96 Å². The molecule has 0 spiro atoms. The molecule has 1 fully saturated rings. The lowest BCUT2D eigenvalue weighted by atomic mass is 10.0. The van der Waals surface area contributed by atoms with Crippen LogP contribution in [0.2, 0.25) is 0 Å². The number of rotatable bonds is 5. The smallest absolute Gasteiger partial charge is 0.193 e. The van der Waals surface area contributed by atoms with Crippen LogP contribution in [-0.2, 0) is 0 Å². The van der Waals surface area contributed by atoms with E-state index in [0.717, 1.165) is 12.2 Å². The van der Waals surface area contributed by atoms with Crippen molar-refractivity contribution in [2.45, 2.75) is 46.6 Å². The molecule has 2 rings (SSSR count). The Hall–Kier alpha value is -1.55. The average molecular weight is 302 g/mol. The van der Waals surface area contributed by atoms with Gasteiger partial charge in [-0.25, -0.2) is 0 Å². The maximum absolute atomic E-state index is 6.07. The van der Waals surface area contributed by atoms with Crippen LogP contribution in [-0.4, -0.2) is 36.5 Å². The van der Waals surface area contributed by atoms with Gasteiger partial charge >= 0.3 is 0 Å². The molecule has 0 radical (unpaired) electrons. The third-order valence-electron chi connectivity index (χ3n) is 4.32. The number of nitrogens with one attached hydrogen (secondary N) is 1. The van der Waals surface area contributed by atoms with Gasteiger partial charge < -0.3 is 11.1 Å². The highest BCUT2D eigenvalue weighted by Crippen LogP contribution is 2.18. The first kappa shape index (κ1) is 16.8. The van der Waals surface area contributed by atoms with Crippen molar-refractivity contribution in [1.82, 2.24) is 4.90 Å². The van der Waals surface area contributed by atoms with Gasteiger partial charge in [-0.1, -0.05) is 19.9 Å². The molecule has 4 nitrogen and oxygen atoms in total. The first-order valence-electron chi connectivity index (χ1n) is 8.35. The normalized spacial score (nSPS) is 18.0. The lowest BCUT2D eigenvalue weighted by Crippen LogP contribution is -2.40. The van der Waals surface area contributed by atoms with E-state index in [0.29, 0.717) is 17.9 Å². The summed E-state index contributed by atoms with van der Waals surface area (Å²) in [6.45, 7) is 11.9. The maximum Gasteiger partial charge on any atom is 0.193 e. The van der Waals surface area contributed by atoms with Gasteiger partial charge in [0, 0.05) is 11.7 Å². The summed E-state index contributed by atoms with van der Waals surface area (Å²) in [5, 5.41) is 3.22. The zero-order valence-electron chi connectivity index (χ0n) is 14.4. The number of nitrogens with two attached hydrogens (primary N) is 1. The highest BCUT2D eigenvalue weighted by molar-refractivity contribution is 5.92. The van der Waals surface area contributed by atoms with Crippen molar-refractivity contribution in [3.05, 3.63) is 29.3 Å². The standard InChI is InChI=1S/C18H30N4/c1-13(2)17(22-7-5-6-8-22)12-20-18(19)21-16-10-14(3)9-15(4)11-16/h9-11,13,17H,5-8,12H2,1-4H3,(H3,19,20,21). The minimum atomic E-state index is 0.488. The van der Waals surface area contributed by atoms with Crippen molar-refractivity contribution in [3.8, 4) is 0 Å². The number of benzene rings is 1. The number of likely N-dealkylation sites (tertiary alicyclic amines) is 1. The second-order valence-corrected chi connectivity index (χ2v) is 6.78. The van der Waals surface area contributed by atoms with Crippen LogP contribution in [0.15, 0.2) is 23.2 Å². The Morgan fingerprint density at radius 3 is 2.32 bits per heavy atom. The molecule has 1 aromatic rings. The summed E-state index contributed by atoms with van der Waals surface area (Å²) >= 11 is 0. The summed E-state index contributed by atoms with van der Waals surface area (Å²) in [5.41, 5.74) is 9.55. The topological polar surface area (TPSA) is 53.6 Å². The molecule has 1 atom stereocenters. The SMILES string of the molecule is Cc1cc(C)cc(NC(N)=NCC(C(C)C)N2CCCC2)c1. The zero-order chi connectivity index (χ0) is 16.1. The monoisotopic (exact) mass is 302 g/mol. The molecular formula is C18H30N4. The molecule has 0 amide bonds. The largest absolute Gasteiger partial charge is 0.370 e. The minimum absolute atomic E-state index is 0.488. The molecule has 0 saturated carbocycles. The van der Waals surface area contributed by atoms with Crippen molar-refractivity contribution in [3.63, 3.8) is 0 Å². The number of nitrogens with zero attached hydrogens (tertiary/aromatic N) is 2. The van der Waals surface area contributed by atoms with Gasteiger partial charge in [0.1, 0.15) is 0 Å². The van der Waals surface area contributed by atoms with Gasteiger partial charge in [0.2, 0.25) is 0 Å². The fourth-order valence-corrected chi connectivity index (χ4v) is 3.25. The number of guanidine groups is 1. The summed E-state index contributed by atoms with van der Waals surface area (Å²) in [5.74, 6) is 1.10. The van der Waals surface area contributed by atoms with Gasteiger partial charge in [0.25, 0.3) is 0 Å². The second-order valence-electron chi connectivity index (χ2n) is 6.78. The van der Waals surface area contributed by atoms with Crippen LogP contribution in [0.1, 0.15) is 37.8 Å². The molecule has 1 aliphatic heterocycles. The molecule has 0 aromatic heterocycles. The number of hydrogen-bond donors (Lipinski definition) is 2. The predicted octanol–water partition coefficient (Wildman–Crippen LogP) is 3.15. The van der Waals surface area contributed by atoms with Crippen LogP contribution < -0.4 is 11.1 Å². The minimum Gasteiger partial charge on any atom is -0.370 e. The Labute approximate surface area is 134 Å². The third kappa shape index (κ3) is 4.73. The summed E-state index contributed by atoms with van der Waals surface area (Å²) in [6, 6.07) is 6.83. The number of anilines is 1. The van der Waals surface area contributed by atoms with E-state index in [2.05, 4.69) is 61.1 Å². The Morgan fingerprint density at radius 2 is 1.77 bits per heavy atom. The second kappa shape index (κ2) is 7.63. The average Bonchev–Trinajstić information content (AvgIpc) is 2.91. The molecule has 1 unspecified atom stereocenters. The maximum atomic E-state index is 6.07. The van der Waals surface area contributed by atoms with Gasteiger partial charge in [-0.3, -0.25) is 9.89 Å². The van der Waals surface area contributed by atoms with E-state index >= 15 is 0 Å². The van der Waals surface area contributed by atoms with Crippen molar-refractivity contribution >= 4 is 11.6 Å². The molecule has 4 heteroatoms. The Morgan fingerprint density at radius 1 is 1.18 bits per heavy atom. The van der Waals surface area contributed by atoms with Crippen LogP contribution in [0, 0.1) is 19.8 Å². The van der Waals surface area contributed by atoms with Crippen molar-refractivity contribution in [1.29, 1.82) is 0 Å². The van der Waals surface area contributed by atoms with Crippen LogP contribution in [0.3, 0.4) is 0 Å². The van der Waals surface area contributed by atoms with Crippen LogP contribution in [0.4, 0.5) is 5.69 Å². The summed E-state index contributed by atoms with van der Waals surface area (Å²) < 4.78 is 0. The Kier molecular flexibility index (Phi) is 5.83. The lowest BCUT2D eigenvalue weighted by Gasteiger charge is -2.29. The predicted molar refractivity (Wildman–Crippen MR) is 95.5 cm³/mol. The van der Waals surface area contributed by atoms with Crippen LogP contribution in [0.5, 0.6) is 0 Å². The van der Waals surface area contributed by atoms with Crippen molar-refractivity contribution in [2.24, 2.45) is 16.6 Å². The summed E-state index contributed by atoms with van der Waals surface area (Å²) in [7, 11) is 0. The van der Waals surface area contributed by atoms with E-state index in [9.17, 15) is 0 Å². The molecule has 1 aliphatic rings. The first-order valence-corrected chi connectivity index (χ1v) is 8.35. The van der Waals surface area contributed by atoms with E-state index in [4.69, 9.17) is 5.73 Å². The number of hydrogen-bond acceptors (Lipinski definition) is 2. The molecule has 1 aromatic carbocycles. The molecule has 1 saturated heterocycles. The molecule has 22 heavy (non-hydrogen) atoms. The van der Waals surface area contributed by atoms with Gasteiger partial charge in [-0.05, 0) is 69.0 Å². The summed E-state index contributed by atoms with van der Waals surface area (Å²) in [4.78, 5) is 7.14. The number of aliphatic imine (C=N–C) groups is 1.